The smallest absolute Gasteiger partial charge is 0.243 e. The van der Waals surface area contributed by atoms with Crippen molar-refractivity contribution in [1.29, 1.82) is 0 Å². The number of hydrogen-bond donors (Lipinski definition) is 4. The highest BCUT2D eigenvalue weighted by atomic mass is 16.6. The van der Waals surface area contributed by atoms with Gasteiger partial charge in [-0.2, -0.15) is 0 Å². The molecule has 2 aromatic carbocycles. The molecule has 0 aromatic heterocycles. The Balaban J connectivity index is 1.79. The molecule has 0 spiro atoms. The highest BCUT2D eigenvalue weighted by Gasteiger charge is 2.50. The van der Waals surface area contributed by atoms with Crippen molar-refractivity contribution in [3.8, 4) is 5.75 Å². The number of hydrogen-bond acceptors (Lipinski definition) is 7. The van der Waals surface area contributed by atoms with Gasteiger partial charge in [-0.15, -0.1) is 0 Å². The van der Waals surface area contributed by atoms with Gasteiger partial charge in [0.25, 0.3) is 0 Å². The highest BCUT2D eigenvalue weighted by molar-refractivity contribution is 5.98. The van der Waals surface area contributed by atoms with Crippen molar-refractivity contribution in [2.45, 2.75) is 56.8 Å². The van der Waals surface area contributed by atoms with Crippen LogP contribution in [0.3, 0.4) is 0 Å². The van der Waals surface area contributed by atoms with E-state index in [9.17, 15) is 19.2 Å². The number of nitrogens with one attached hydrogen (secondary N) is 3. The van der Waals surface area contributed by atoms with E-state index < -0.39 is 41.4 Å². The van der Waals surface area contributed by atoms with Crippen molar-refractivity contribution >= 4 is 23.5 Å². The minimum Gasteiger partial charge on any atom is -0.497 e. The van der Waals surface area contributed by atoms with Crippen molar-refractivity contribution in [3.63, 3.8) is 0 Å². The van der Waals surface area contributed by atoms with Gasteiger partial charge in [-0.05, 0) is 43.5 Å². The van der Waals surface area contributed by atoms with Crippen LogP contribution in [0.5, 0.6) is 5.75 Å². The molecular weight excluding hydrogens is 490 g/mol. The molecule has 1 fully saturated rings. The van der Waals surface area contributed by atoms with Gasteiger partial charge in [0.05, 0.1) is 26.4 Å². The molecule has 1 heterocycles. The van der Waals surface area contributed by atoms with Crippen LogP contribution in [0.25, 0.3) is 0 Å². The van der Waals surface area contributed by atoms with Crippen LogP contribution in [-0.4, -0.2) is 72.7 Å². The van der Waals surface area contributed by atoms with Crippen molar-refractivity contribution in [2.75, 3.05) is 20.3 Å². The molecule has 4 atom stereocenters. The van der Waals surface area contributed by atoms with Crippen molar-refractivity contribution in [1.82, 2.24) is 16.0 Å². The molecule has 2 aromatic rings. The summed E-state index contributed by atoms with van der Waals surface area (Å²) >= 11 is 0. The number of carbonyl (C=O) groups excluding carboxylic acids is 4. The first-order chi connectivity index (χ1) is 18.1. The summed E-state index contributed by atoms with van der Waals surface area (Å²) in [6.07, 6.45) is 0.261. The molecule has 1 saturated heterocycles. The fourth-order valence-corrected chi connectivity index (χ4v) is 3.93. The molecule has 0 unspecified atom stereocenters. The first-order valence-corrected chi connectivity index (χ1v) is 12.5. The second-order valence-corrected chi connectivity index (χ2v) is 9.51. The Kier molecular flexibility index (Phi) is 9.98. The Labute approximate surface area is 222 Å². The lowest BCUT2D eigenvalue weighted by atomic mass is 9.94. The van der Waals surface area contributed by atoms with E-state index >= 15 is 0 Å². The first kappa shape index (κ1) is 28.8. The lowest BCUT2D eigenvalue weighted by molar-refractivity contribution is -0.134. The average Bonchev–Trinajstić information content (AvgIpc) is 3.66. The van der Waals surface area contributed by atoms with E-state index in [-0.39, 0.29) is 38.3 Å². The molecule has 4 N–H and O–H groups in total. The zero-order chi connectivity index (χ0) is 27.7. The number of carbonyl (C=O) groups is 4. The molecule has 1 aliphatic heterocycles. The number of Topliss-reactive ketones (excluding diaryl/α,β-unsaturated/α-hetero) is 1. The molecule has 0 aliphatic carbocycles. The van der Waals surface area contributed by atoms with Crippen LogP contribution >= 0.6 is 0 Å². The molecule has 3 rings (SSSR count). The normalized spacial score (nSPS) is 18.4. The van der Waals surface area contributed by atoms with E-state index in [1.807, 2.05) is 30.3 Å². The van der Waals surface area contributed by atoms with E-state index in [2.05, 4.69) is 16.0 Å². The number of rotatable bonds is 14. The summed E-state index contributed by atoms with van der Waals surface area (Å²) < 4.78 is 10.5. The van der Waals surface area contributed by atoms with E-state index in [0.29, 0.717) is 5.75 Å². The van der Waals surface area contributed by atoms with Crippen LogP contribution < -0.4 is 20.7 Å². The molecule has 0 saturated carbocycles. The zero-order valence-corrected chi connectivity index (χ0v) is 21.9. The molecule has 204 valence electrons. The van der Waals surface area contributed by atoms with E-state index in [0.717, 1.165) is 11.1 Å². The quantitative estimate of drug-likeness (QED) is 0.266. The number of ether oxygens (including phenoxy) is 2. The predicted octanol–water partition coefficient (Wildman–Crippen LogP) is 0.695. The SMILES string of the molecule is COc1ccc(C[C@H](NC(=O)[C@H](C)NC(=O)CCO)C(=O)N[C@@H](Cc2ccccc2)C(=O)[C@]2(C)CO2)cc1. The zero-order valence-electron chi connectivity index (χ0n) is 21.9. The fourth-order valence-electron chi connectivity index (χ4n) is 3.93. The van der Waals surface area contributed by atoms with Gasteiger partial charge < -0.3 is 30.5 Å². The minimum atomic E-state index is -1.04. The van der Waals surface area contributed by atoms with Crippen molar-refractivity contribution < 1.29 is 33.8 Å². The van der Waals surface area contributed by atoms with Crippen LogP contribution in [0.2, 0.25) is 0 Å². The number of aliphatic hydroxyl groups is 1. The number of epoxide rings is 1. The topological polar surface area (TPSA) is 146 Å². The van der Waals surface area contributed by atoms with Gasteiger partial charge >= 0.3 is 0 Å². The van der Waals surface area contributed by atoms with E-state index in [1.54, 1.807) is 38.3 Å². The Hall–Kier alpha value is -3.76. The third-order valence-corrected chi connectivity index (χ3v) is 6.36. The standard InChI is InChI=1S/C28H35N3O7/c1-18(29-24(33)13-14-32)26(35)31-23(16-20-9-11-21(37-3)12-10-20)27(36)30-22(25(34)28(2)17-38-28)15-19-7-5-4-6-8-19/h4-12,18,22-23,32H,13-17H2,1-3H3,(H,29,33)(H,30,36)(H,31,35)/t18-,22-,23-,28-/m0/s1. The summed E-state index contributed by atoms with van der Waals surface area (Å²) in [5.41, 5.74) is 0.672. The fraction of sp³-hybridized carbons (Fsp3) is 0.429. The summed E-state index contributed by atoms with van der Waals surface area (Å²) in [6.45, 7) is 3.11. The van der Waals surface area contributed by atoms with Gasteiger partial charge in [-0.1, -0.05) is 42.5 Å². The van der Waals surface area contributed by atoms with Gasteiger partial charge in [0.15, 0.2) is 5.78 Å². The largest absolute Gasteiger partial charge is 0.497 e. The second-order valence-electron chi connectivity index (χ2n) is 9.51. The molecular formula is C28H35N3O7. The van der Waals surface area contributed by atoms with Crippen molar-refractivity contribution in [3.05, 3.63) is 65.7 Å². The minimum absolute atomic E-state index is 0.138. The maximum absolute atomic E-state index is 13.5. The first-order valence-electron chi connectivity index (χ1n) is 12.5. The lowest BCUT2D eigenvalue weighted by Gasteiger charge is -2.25. The maximum Gasteiger partial charge on any atom is 0.243 e. The number of ketones is 1. The van der Waals surface area contributed by atoms with Crippen LogP contribution in [-0.2, 0) is 36.8 Å². The Morgan fingerprint density at radius 3 is 2.08 bits per heavy atom. The van der Waals surface area contributed by atoms with Gasteiger partial charge in [-0.25, -0.2) is 0 Å². The monoisotopic (exact) mass is 525 g/mol. The Morgan fingerprint density at radius 1 is 0.921 bits per heavy atom. The molecule has 38 heavy (non-hydrogen) atoms. The summed E-state index contributed by atoms with van der Waals surface area (Å²) in [6, 6.07) is 13.5. The van der Waals surface area contributed by atoms with E-state index in [4.69, 9.17) is 14.6 Å². The lowest BCUT2D eigenvalue weighted by Crippen LogP contribution is -2.57. The summed E-state index contributed by atoms with van der Waals surface area (Å²) in [7, 11) is 1.55. The number of benzene rings is 2. The van der Waals surface area contributed by atoms with Crippen LogP contribution in [0, 0.1) is 0 Å². The van der Waals surface area contributed by atoms with Crippen LogP contribution in [0.15, 0.2) is 54.6 Å². The number of amides is 3. The van der Waals surface area contributed by atoms with Crippen LogP contribution in [0.1, 0.15) is 31.4 Å². The van der Waals surface area contributed by atoms with E-state index in [1.165, 1.54) is 6.92 Å². The summed E-state index contributed by atoms with van der Waals surface area (Å²) in [5, 5.41) is 17.0. The summed E-state index contributed by atoms with van der Waals surface area (Å²) in [4.78, 5) is 51.5. The maximum atomic E-state index is 13.5. The molecule has 10 heteroatoms. The van der Waals surface area contributed by atoms with Gasteiger partial charge in [-0.3, -0.25) is 19.2 Å². The molecule has 1 aliphatic rings. The highest BCUT2D eigenvalue weighted by Crippen LogP contribution is 2.29. The van der Waals surface area contributed by atoms with Gasteiger partial charge in [0.2, 0.25) is 17.7 Å². The average molecular weight is 526 g/mol. The number of aliphatic hydroxyl groups excluding tert-OH is 1. The Bertz CT molecular complexity index is 1120. The molecule has 0 bridgehead atoms. The van der Waals surface area contributed by atoms with Gasteiger partial charge in [0.1, 0.15) is 23.4 Å². The summed E-state index contributed by atoms with van der Waals surface area (Å²) in [5.74, 6) is -1.20. The predicted molar refractivity (Wildman–Crippen MR) is 139 cm³/mol. The Morgan fingerprint density at radius 2 is 1.50 bits per heavy atom. The molecule has 3 amide bonds. The van der Waals surface area contributed by atoms with Crippen LogP contribution in [0.4, 0.5) is 0 Å². The number of methoxy groups -OCH3 is 1. The molecule has 10 nitrogen and oxygen atoms in total. The second kappa shape index (κ2) is 13.2. The third kappa shape index (κ3) is 8.12. The van der Waals surface area contributed by atoms with Crippen molar-refractivity contribution in [2.24, 2.45) is 0 Å². The molecule has 0 radical (unpaired) electrons. The van der Waals surface area contributed by atoms with Gasteiger partial charge in [0, 0.05) is 12.8 Å². The third-order valence-electron chi connectivity index (χ3n) is 6.36.